The van der Waals surface area contributed by atoms with Gasteiger partial charge in [-0.3, -0.25) is 4.79 Å². The Morgan fingerprint density at radius 2 is 2.28 bits per heavy atom. The minimum Gasteiger partial charge on any atom is -0.338 e. The van der Waals surface area contributed by atoms with E-state index in [-0.39, 0.29) is 17.5 Å². The van der Waals surface area contributed by atoms with Crippen LogP contribution in [0.25, 0.3) is 0 Å². The number of carbonyl (C=O) groups is 1. The maximum Gasteiger partial charge on any atom is 0.256 e. The molecule has 1 aliphatic rings. The van der Waals surface area contributed by atoms with E-state index in [4.69, 9.17) is 5.73 Å². The van der Waals surface area contributed by atoms with Gasteiger partial charge in [-0.1, -0.05) is 12.1 Å². The molecular weight excluding hydrogens is 231 g/mol. The molecule has 0 aliphatic carbocycles. The van der Waals surface area contributed by atoms with Crippen LogP contribution in [0.1, 0.15) is 29.3 Å². The van der Waals surface area contributed by atoms with Crippen molar-refractivity contribution in [2.24, 2.45) is 11.7 Å². The van der Waals surface area contributed by atoms with Crippen molar-refractivity contribution in [3.05, 3.63) is 35.1 Å². The summed E-state index contributed by atoms with van der Waals surface area (Å²) in [5, 5.41) is 0. The highest BCUT2D eigenvalue weighted by atomic mass is 19.1. The Bertz CT molecular complexity index is 459. The van der Waals surface area contributed by atoms with Gasteiger partial charge in [0, 0.05) is 19.1 Å². The summed E-state index contributed by atoms with van der Waals surface area (Å²) >= 11 is 0. The van der Waals surface area contributed by atoms with Crippen LogP contribution >= 0.6 is 0 Å². The molecule has 0 aromatic heterocycles. The van der Waals surface area contributed by atoms with Gasteiger partial charge in [0.1, 0.15) is 5.82 Å². The molecular formula is C14H19FN2O. The number of nitrogens with zero attached hydrogens (tertiary/aromatic N) is 1. The van der Waals surface area contributed by atoms with E-state index < -0.39 is 5.82 Å². The third-order valence-corrected chi connectivity index (χ3v) is 3.68. The van der Waals surface area contributed by atoms with Crippen molar-refractivity contribution in [2.45, 2.75) is 26.3 Å². The molecule has 1 saturated heterocycles. The van der Waals surface area contributed by atoms with Crippen LogP contribution in [-0.2, 0) is 0 Å². The molecule has 0 spiro atoms. The quantitative estimate of drug-likeness (QED) is 0.872. The van der Waals surface area contributed by atoms with Gasteiger partial charge in [0.25, 0.3) is 5.91 Å². The van der Waals surface area contributed by atoms with E-state index in [1.54, 1.807) is 30.0 Å². The maximum absolute atomic E-state index is 13.9. The molecule has 1 heterocycles. The standard InChI is InChI=1S/C14H19FN2O/c1-9-4-3-5-12(13(9)15)14(18)17-7-6-11(8-17)10(2)16/h3-5,10-11H,6-8,16H2,1-2H3. The fourth-order valence-corrected chi connectivity index (χ4v) is 2.38. The topological polar surface area (TPSA) is 46.3 Å². The number of rotatable bonds is 2. The van der Waals surface area contributed by atoms with Crippen LogP contribution in [0.5, 0.6) is 0 Å². The van der Waals surface area contributed by atoms with E-state index in [0.29, 0.717) is 24.6 Å². The number of halogens is 1. The van der Waals surface area contributed by atoms with Gasteiger partial charge in [-0.2, -0.15) is 0 Å². The van der Waals surface area contributed by atoms with Crippen LogP contribution in [0.4, 0.5) is 4.39 Å². The second kappa shape index (κ2) is 5.06. The average Bonchev–Trinajstić information content (AvgIpc) is 2.81. The van der Waals surface area contributed by atoms with Crippen LogP contribution in [0, 0.1) is 18.7 Å². The van der Waals surface area contributed by atoms with E-state index in [1.165, 1.54) is 0 Å². The molecule has 18 heavy (non-hydrogen) atoms. The third-order valence-electron chi connectivity index (χ3n) is 3.68. The summed E-state index contributed by atoms with van der Waals surface area (Å²) in [5.41, 5.74) is 6.51. The number of amides is 1. The molecule has 2 unspecified atom stereocenters. The summed E-state index contributed by atoms with van der Waals surface area (Å²) < 4.78 is 13.9. The summed E-state index contributed by atoms with van der Waals surface area (Å²) in [6.07, 6.45) is 0.900. The fraction of sp³-hybridized carbons (Fsp3) is 0.500. The smallest absolute Gasteiger partial charge is 0.256 e. The predicted octanol–water partition coefficient (Wildman–Crippen LogP) is 1.94. The van der Waals surface area contributed by atoms with Gasteiger partial charge in [0.05, 0.1) is 5.56 Å². The number of aryl methyl sites for hydroxylation is 1. The monoisotopic (exact) mass is 250 g/mol. The lowest BCUT2D eigenvalue weighted by Gasteiger charge is -2.18. The lowest BCUT2D eigenvalue weighted by atomic mass is 10.0. The van der Waals surface area contributed by atoms with Gasteiger partial charge in [0.15, 0.2) is 0 Å². The molecule has 3 nitrogen and oxygen atoms in total. The Balaban J connectivity index is 2.16. The predicted molar refractivity (Wildman–Crippen MR) is 68.8 cm³/mol. The average molecular weight is 250 g/mol. The normalized spacial score (nSPS) is 21.1. The molecule has 98 valence electrons. The molecule has 1 aliphatic heterocycles. The van der Waals surface area contributed by atoms with E-state index >= 15 is 0 Å². The molecule has 1 aromatic rings. The summed E-state index contributed by atoms with van der Waals surface area (Å²) in [5.74, 6) is -0.312. The first-order valence-electron chi connectivity index (χ1n) is 6.30. The minimum absolute atomic E-state index is 0.0742. The van der Waals surface area contributed by atoms with Crippen LogP contribution in [0.2, 0.25) is 0 Å². The molecule has 1 amide bonds. The Hall–Kier alpha value is -1.42. The van der Waals surface area contributed by atoms with Crippen LogP contribution in [0.15, 0.2) is 18.2 Å². The van der Waals surface area contributed by atoms with Crippen LogP contribution in [0.3, 0.4) is 0 Å². The highest BCUT2D eigenvalue weighted by molar-refractivity contribution is 5.94. The minimum atomic E-state index is -0.410. The number of carbonyl (C=O) groups excluding carboxylic acids is 1. The third kappa shape index (κ3) is 2.38. The second-order valence-corrected chi connectivity index (χ2v) is 5.10. The largest absolute Gasteiger partial charge is 0.338 e. The number of hydrogen-bond acceptors (Lipinski definition) is 2. The van der Waals surface area contributed by atoms with Crippen molar-refractivity contribution >= 4 is 5.91 Å². The first-order chi connectivity index (χ1) is 8.50. The first-order valence-corrected chi connectivity index (χ1v) is 6.30. The zero-order valence-corrected chi connectivity index (χ0v) is 10.8. The summed E-state index contributed by atoms with van der Waals surface area (Å²) in [6.45, 7) is 4.91. The van der Waals surface area contributed by atoms with Gasteiger partial charge in [-0.05, 0) is 37.8 Å². The van der Waals surface area contributed by atoms with E-state index in [9.17, 15) is 9.18 Å². The highest BCUT2D eigenvalue weighted by Crippen LogP contribution is 2.22. The first kappa shape index (κ1) is 13.0. The molecule has 4 heteroatoms. The van der Waals surface area contributed by atoms with E-state index in [1.807, 2.05) is 6.92 Å². The Labute approximate surface area is 107 Å². The van der Waals surface area contributed by atoms with Crippen LogP contribution < -0.4 is 5.73 Å². The van der Waals surface area contributed by atoms with Gasteiger partial charge in [-0.25, -0.2) is 4.39 Å². The van der Waals surface area contributed by atoms with Crippen molar-refractivity contribution in [1.29, 1.82) is 0 Å². The fourth-order valence-electron chi connectivity index (χ4n) is 2.38. The van der Waals surface area contributed by atoms with Crippen molar-refractivity contribution < 1.29 is 9.18 Å². The van der Waals surface area contributed by atoms with E-state index in [2.05, 4.69) is 0 Å². The molecule has 0 radical (unpaired) electrons. The van der Waals surface area contributed by atoms with Gasteiger partial charge < -0.3 is 10.6 Å². The summed E-state index contributed by atoms with van der Waals surface area (Å²) in [7, 11) is 0. The number of likely N-dealkylation sites (tertiary alicyclic amines) is 1. The van der Waals surface area contributed by atoms with Crippen molar-refractivity contribution in [3.8, 4) is 0 Å². The summed E-state index contributed by atoms with van der Waals surface area (Å²) in [4.78, 5) is 13.9. The molecule has 1 fully saturated rings. The summed E-state index contributed by atoms with van der Waals surface area (Å²) in [6, 6.07) is 5.00. The number of benzene rings is 1. The van der Waals surface area contributed by atoms with Crippen molar-refractivity contribution in [1.82, 2.24) is 4.90 Å². The Morgan fingerprint density at radius 3 is 2.89 bits per heavy atom. The molecule has 1 aromatic carbocycles. The zero-order chi connectivity index (χ0) is 13.3. The van der Waals surface area contributed by atoms with Gasteiger partial charge in [0.2, 0.25) is 0 Å². The molecule has 2 rings (SSSR count). The van der Waals surface area contributed by atoms with Crippen molar-refractivity contribution in [2.75, 3.05) is 13.1 Å². The maximum atomic E-state index is 13.9. The SMILES string of the molecule is Cc1cccc(C(=O)N2CCC(C(C)N)C2)c1F. The van der Waals surface area contributed by atoms with Gasteiger partial charge in [-0.15, -0.1) is 0 Å². The lowest BCUT2D eigenvalue weighted by molar-refractivity contribution is 0.0781. The number of hydrogen-bond donors (Lipinski definition) is 1. The van der Waals surface area contributed by atoms with E-state index in [0.717, 1.165) is 6.42 Å². The second-order valence-electron chi connectivity index (χ2n) is 5.10. The Kier molecular flexibility index (Phi) is 3.66. The van der Waals surface area contributed by atoms with Gasteiger partial charge >= 0.3 is 0 Å². The number of nitrogens with two attached hydrogens (primary N) is 1. The highest BCUT2D eigenvalue weighted by Gasteiger charge is 2.30. The van der Waals surface area contributed by atoms with Crippen LogP contribution in [-0.4, -0.2) is 29.9 Å². The molecule has 0 bridgehead atoms. The molecule has 0 saturated carbocycles. The molecule has 2 atom stereocenters. The Morgan fingerprint density at radius 1 is 1.56 bits per heavy atom. The lowest BCUT2D eigenvalue weighted by Crippen LogP contribution is -2.33. The molecule has 2 N–H and O–H groups in total. The zero-order valence-electron chi connectivity index (χ0n) is 10.8. The van der Waals surface area contributed by atoms with Crippen molar-refractivity contribution in [3.63, 3.8) is 0 Å².